The highest BCUT2D eigenvalue weighted by atomic mass is 16.5. The normalized spacial score (nSPS) is 19.6. The molecule has 1 aromatic heterocycles. The molecule has 3 N–H and O–H groups in total. The number of hydrogen-bond donors (Lipinski definition) is 2. The molecule has 0 bridgehead atoms. The molecule has 29 heavy (non-hydrogen) atoms. The van der Waals surface area contributed by atoms with Gasteiger partial charge in [0.25, 0.3) is 0 Å². The van der Waals surface area contributed by atoms with Crippen molar-refractivity contribution >= 4 is 22.6 Å². The highest BCUT2D eigenvalue weighted by Gasteiger charge is 2.58. The number of para-hydroxylation sites is 1. The van der Waals surface area contributed by atoms with Gasteiger partial charge in [-0.05, 0) is 37.1 Å². The van der Waals surface area contributed by atoms with Crippen molar-refractivity contribution in [2.75, 3.05) is 5.32 Å². The first-order valence-electron chi connectivity index (χ1n) is 8.97. The standard InChI is InChI=1S/C22H15N3O4/c1-10-7-11(2)16-15(8-10)28-20(26)17-18(16)29-19(24)13(9-23)22(17)12-5-3-4-6-14(12)25-21(22)27/h3-8H,24H2,1-2H3,(H,25,27)/t22-/m1/s1. The Morgan fingerprint density at radius 3 is 2.69 bits per heavy atom. The Kier molecular flexibility index (Phi) is 3.23. The molecule has 7 nitrogen and oxygen atoms in total. The van der Waals surface area contributed by atoms with E-state index in [0.717, 1.165) is 11.1 Å². The van der Waals surface area contributed by atoms with Crippen LogP contribution in [0, 0.1) is 25.2 Å². The fourth-order valence-electron chi connectivity index (χ4n) is 4.46. The molecule has 3 heterocycles. The first-order chi connectivity index (χ1) is 13.9. The number of benzene rings is 2. The average molecular weight is 385 g/mol. The molecule has 0 radical (unpaired) electrons. The number of amides is 1. The number of hydrogen-bond acceptors (Lipinski definition) is 6. The van der Waals surface area contributed by atoms with Gasteiger partial charge in [0, 0.05) is 11.3 Å². The number of rotatable bonds is 0. The molecule has 0 fully saturated rings. The van der Waals surface area contributed by atoms with E-state index in [1.807, 2.05) is 26.0 Å². The molecule has 5 rings (SSSR count). The van der Waals surface area contributed by atoms with Crippen molar-refractivity contribution in [3.05, 3.63) is 80.5 Å². The van der Waals surface area contributed by atoms with Crippen LogP contribution in [0.5, 0.6) is 5.75 Å². The van der Waals surface area contributed by atoms with Crippen LogP contribution in [0.3, 0.4) is 0 Å². The van der Waals surface area contributed by atoms with Crippen LogP contribution in [0.1, 0.15) is 22.3 Å². The molecular weight excluding hydrogens is 370 g/mol. The van der Waals surface area contributed by atoms with Crippen molar-refractivity contribution in [1.82, 2.24) is 0 Å². The van der Waals surface area contributed by atoms with Crippen LogP contribution in [0.4, 0.5) is 5.69 Å². The van der Waals surface area contributed by atoms with E-state index in [1.54, 1.807) is 30.3 Å². The minimum absolute atomic E-state index is 0.0369. The van der Waals surface area contributed by atoms with Gasteiger partial charge in [0.2, 0.25) is 11.8 Å². The van der Waals surface area contributed by atoms with E-state index in [-0.39, 0.29) is 22.8 Å². The summed E-state index contributed by atoms with van der Waals surface area (Å²) in [6.07, 6.45) is 0. The van der Waals surface area contributed by atoms with Crippen molar-refractivity contribution in [3.63, 3.8) is 0 Å². The molecule has 1 spiro atoms. The van der Waals surface area contributed by atoms with Gasteiger partial charge in [0.05, 0.1) is 5.39 Å². The third-order valence-electron chi connectivity index (χ3n) is 5.54. The molecule has 2 aliphatic heterocycles. The number of anilines is 1. The predicted octanol–water partition coefficient (Wildman–Crippen LogP) is 2.73. The van der Waals surface area contributed by atoms with Gasteiger partial charge in [-0.3, -0.25) is 4.79 Å². The van der Waals surface area contributed by atoms with E-state index in [0.29, 0.717) is 22.2 Å². The second-order valence-corrected chi connectivity index (χ2v) is 7.25. The minimum Gasteiger partial charge on any atom is -0.439 e. The number of aryl methyl sites for hydroxylation is 2. The summed E-state index contributed by atoms with van der Waals surface area (Å²) in [6.45, 7) is 3.74. The molecule has 7 heteroatoms. The second kappa shape index (κ2) is 5.49. The molecule has 2 aliphatic rings. The van der Waals surface area contributed by atoms with Gasteiger partial charge in [-0.25, -0.2) is 4.79 Å². The summed E-state index contributed by atoms with van der Waals surface area (Å²) in [6, 6.07) is 12.5. The zero-order valence-electron chi connectivity index (χ0n) is 15.6. The largest absolute Gasteiger partial charge is 0.439 e. The Bertz CT molecular complexity index is 1390. The molecule has 2 aromatic carbocycles. The molecule has 3 aromatic rings. The maximum absolute atomic E-state index is 13.3. The summed E-state index contributed by atoms with van der Waals surface area (Å²) in [4.78, 5) is 26.5. The van der Waals surface area contributed by atoms with Gasteiger partial charge in [0.1, 0.15) is 22.8 Å². The van der Waals surface area contributed by atoms with Crippen LogP contribution >= 0.6 is 0 Å². The van der Waals surface area contributed by atoms with E-state index in [1.165, 1.54) is 0 Å². The number of nitriles is 1. The lowest BCUT2D eigenvalue weighted by Crippen LogP contribution is -2.45. The summed E-state index contributed by atoms with van der Waals surface area (Å²) in [7, 11) is 0. The van der Waals surface area contributed by atoms with Crippen LogP contribution in [-0.4, -0.2) is 5.91 Å². The van der Waals surface area contributed by atoms with Crippen molar-refractivity contribution in [2.45, 2.75) is 19.3 Å². The molecule has 0 unspecified atom stereocenters. The van der Waals surface area contributed by atoms with Crippen LogP contribution in [0.2, 0.25) is 0 Å². The lowest BCUT2D eigenvalue weighted by Gasteiger charge is -2.33. The van der Waals surface area contributed by atoms with Gasteiger partial charge in [0.15, 0.2) is 11.2 Å². The molecule has 1 amide bonds. The van der Waals surface area contributed by atoms with E-state index < -0.39 is 16.9 Å². The van der Waals surface area contributed by atoms with Gasteiger partial charge < -0.3 is 20.2 Å². The number of nitrogens with one attached hydrogen (secondary N) is 1. The SMILES string of the molecule is Cc1cc(C)c2c3c(c(=O)oc2c1)[C@]1(C(=O)Nc2ccccc21)C(C#N)=C(N)O3. The lowest BCUT2D eigenvalue weighted by atomic mass is 9.69. The first kappa shape index (κ1) is 17.1. The molecule has 0 saturated heterocycles. The second-order valence-electron chi connectivity index (χ2n) is 7.25. The monoisotopic (exact) mass is 385 g/mol. The quantitative estimate of drug-likeness (QED) is 0.575. The van der Waals surface area contributed by atoms with Crippen molar-refractivity contribution < 1.29 is 13.9 Å². The Labute approximate surface area is 165 Å². The number of carbonyl (C=O) groups excluding carboxylic acids is 1. The van der Waals surface area contributed by atoms with Crippen LogP contribution < -0.4 is 21.4 Å². The summed E-state index contributed by atoms with van der Waals surface area (Å²) < 4.78 is 11.4. The fraction of sp³-hybridized carbons (Fsp3) is 0.136. The zero-order valence-corrected chi connectivity index (χ0v) is 15.6. The highest BCUT2D eigenvalue weighted by molar-refractivity contribution is 6.13. The highest BCUT2D eigenvalue weighted by Crippen LogP contribution is 2.53. The van der Waals surface area contributed by atoms with E-state index in [2.05, 4.69) is 5.32 Å². The summed E-state index contributed by atoms with van der Waals surface area (Å²) >= 11 is 0. The van der Waals surface area contributed by atoms with E-state index in [9.17, 15) is 14.9 Å². The average Bonchev–Trinajstić information content (AvgIpc) is 2.93. The topological polar surface area (TPSA) is 118 Å². The van der Waals surface area contributed by atoms with Crippen molar-refractivity contribution in [1.29, 1.82) is 5.26 Å². The fourth-order valence-corrected chi connectivity index (χ4v) is 4.46. The third kappa shape index (κ3) is 1.95. The molecule has 0 aliphatic carbocycles. The van der Waals surface area contributed by atoms with Crippen LogP contribution in [0.25, 0.3) is 11.0 Å². The summed E-state index contributed by atoms with van der Waals surface area (Å²) in [5.74, 6) is -0.602. The Morgan fingerprint density at radius 1 is 1.17 bits per heavy atom. The summed E-state index contributed by atoms with van der Waals surface area (Å²) in [5.41, 5.74) is 6.49. The Morgan fingerprint density at radius 2 is 1.93 bits per heavy atom. The van der Waals surface area contributed by atoms with Gasteiger partial charge in [-0.2, -0.15) is 5.26 Å². The van der Waals surface area contributed by atoms with E-state index >= 15 is 0 Å². The van der Waals surface area contributed by atoms with Gasteiger partial charge >= 0.3 is 5.63 Å². The number of ether oxygens (including phenoxy) is 1. The molecular formula is C22H15N3O4. The Hall–Kier alpha value is -4.05. The maximum Gasteiger partial charge on any atom is 0.345 e. The van der Waals surface area contributed by atoms with Crippen molar-refractivity contribution in [2.24, 2.45) is 5.73 Å². The number of carbonyl (C=O) groups is 1. The van der Waals surface area contributed by atoms with Crippen LogP contribution in [-0.2, 0) is 10.2 Å². The van der Waals surface area contributed by atoms with E-state index in [4.69, 9.17) is 14.9 Å². The Balaban J connectivity index is 2.03. The number of fused-ring (bicyclic) bond motifs is 6. The maximum atomic E-state index is 13.3. The summed E-state index contributed by atoms with van der Waals surface area (Å²) in [5, 5.41) is 13.2. The van der Waals surface area contributed by atoms with Crippen molar-refractivity contribution in [3.8, 4) is 11.8 Å². The minimum atomic E-state index is -1.73. The third-order valence-corrected chi connectivity index (χ3v) is 5.54. The number of nitrogens with zero attached hydrogens (tertiary/aromatic N) is 1. The van der Waals surface area contributed by atoms with Gasteiger partial charge in [-0.15, -0.1) is 0 Å². The molecule has 142 valence electrons. The van der Waals surface area contributed by atoms with Crippen LogP contribution in [0.15, 0.2) is 57.1 Å². The smallest absolute Gasteiger partial charge is 0.345 e. The molecule has 0 saturated carbocycles. The zero-order chi connectivity index (χ0) is 20.5. The lowest BCUT2D eigenvalue weighted by molar-refractivity contribution is -0.118. The number of nitrogens with two attached hydrogens (primary N) is 1. The van der Waals surface area contributed by atoms with Gasteiger partial charge in [-0.1, -0.05) is 24.3 Å². The first-order valence-corrected chi connectivity index (χ1v) is 8.97. The molecule has 1 atom stereocenters. The predicted molar refractivity (Wildman–Crippen MR) is 105 cm³/mol.